The van der Waals surface area contributed by atoms with E-state index in [1.165, 1.54) is 0 Å². The van der Waals surface area contributed by atoms with E-state index in [-0.39, 0.29) is 23.8 Å². The molecule has 0 heterocycles. The fourth-order valence-corrected chi connectivity index (χ4v) is 1.92. The van der Waals surface area contributed by atoms with Crippen LogP contribution in [0.2, 0.25) is 0 Å². The maximum atomic E-state index is 11.8. The summed E-state index contributed by atoms with van der Waals surface area (Å²) in [6.45, 7) is 5.52. The molecule has 0 aliphatic carbocycles. The van der Waals surface area contributed by atoms with Crippen LogP contribution in [-0.4, -0.2) is 43.4 Å². The van der Waals surface area contributed by atoms with Crippen molar-refractivity contribution < 1.29 is 9.59 Å². The molecule has 0 bridgehead atoms. The molecule has 0 unspecified atom stereocenters. The molecule has 1 aromatic carbocycles. The number of carbonyl (C=O) groups is 2. The van der Waals surface area contributed by atoms with Crippen molar-refractivity contribution in [2.24, 2.45) is 11.1 Å². The van der Waals surface area contributed by atoms with E-state index in [4.69, 9.17) is 5.73 Å². The lowest BCUT2D eigenvalue weighted by Crippen LogP contribution is -2.47. The Balaban J connectivity index is 2.36. The van der Waals surface area contributed by atoms with Gasteiger partial charge in [0.1, 0.15) is 0 Å². The molecular formula is C15H24N4O2. The number of nitrogens with one attached hydrogen (secondary N) is 2. The lowest BCUT2D eigenvalue weighted by Gasteiger charge is -2.28. The number of likely N-dealkylation sites (N-methyl/N-ethyl adjacent to an activating group) is 1. The minimum Gasteiger partial charge on any atom is -0.330 e. The number of hydrazine groups is 1. The van der Waals surface area contributed by atoms with Crippen LogP contribution in [0, 0.1) is 5.41 Å². The molecule has 6 heteroatoms. The zero-order chi connectivity index (χ0) is 15.9. The van der Waals surface area contributed by atoms with Crippen LogP contribution in [0.25, 0.3) is 0 Å². The Morgan fingerprint density at radius 3 is 2.38 bits per heavy atom. The van der Waals surface area contributed by atoms with Gasteiger partial charge in [-0.25, -0.2) is 0 Å². The predicted molar refractivity (Wildman–Crippen MR) is 82.4 cm³/mol. The summed E-state index contributed by atoms with van der Waals surface area (Å²) in [6.07, 6.45) is 0. The lowest BCUT2D eigenvalue weighted by molar-refractivity contribution is -0.122. The van der Waals surface area contributed by atoms with Gasteiger partial charge >= 0.3 is 0 Å². The number of nitrogens with two attached hydrogens (primary N) is 1. The van der Waals surface area contributed by atoms with Crippen LogP contribution in [-0.2, 0) is 4.79 Å². The highest BCUT2D eigenvalue weighted by Crippen LogP contribution is 2.13. The maximum Gasteiger partial charge on any atom is 0.269 e. The summed E-state index contributed by atoms with van der Waals surface area (Å²) in [6, 6.07) is 8.71. The first-order valence-electron chi connectivity index (χ1n) is 6.87. The second-order valence-corrected chi connectivity index (χ2v) is 5.91. The van der Waals surface area contributed by atoms with Crippen LogP contribution in [0.15, 0.2) is 30.3 Å². The number of benzene rings is 1. The van der Waals surface area contributed by atoms with Gasteiger partial charge in [-0.3, -0.25) is 25.3 Å². The monoisotopic (exact) mass is 292 g/mol. The average Bonchev–Trinajstić information content (AvgIpc) is 2.45. The summed E-state index contributed by atoms with van der Waals surface area (Å²) in [5.41, 5.74) is 10.9. The molecule has 0 fully saturated rings. The van der Waals surface area contributed by atoms with Crippen LogP contribution in [0.4, 0.5) is 0 Å². The molecule has 0 radical (unpaired) electrons. The number of nitrogens with zero attached hydrogens (tertiary/aromatic N) is 1. The van der Waals surface area contributed by atoms with Gasteiger partial charge in [0.2, 0.25) is 0 Å². The molecule has 21 heavy (non-hydrogen) atoms. The van der Waals surface area contributed by atoms with Crippen LogP contribution in [0.3, 0.4) is 0 Å². The first kappa shape index (κ1) is 17.1. The molecule has 2 amide bonds. The van der Waals surface area contributed by atoms with Gasteiger partial charge in [0.15, 0.2) is 0 Å². The van der Waals surface area contributed by atoms with Gasteiger partial charge < -0.3 is 5.73 Å². The van der Waals surface area contributed by atoms with Crippen molar-refractivity contribution in [2.75, 3.05) is 26.7 Å². The number of hydrogen-bond acceptors (Lipinski definition) is 4. The number of amides is 2. The Kier molecular flexibility index (Phi) is 6.33. The highest BCUT2D eigenvalue weighted by atomic mass is 16.2. The summed E-state index contributed by atoms with van der Waals surface area (Å²) >= 11 is 0. The number of carbonyl (C=O) groups excluding carboxylic acids is 2. The van der Waals surface area contributed by atoms with Gasteiger partial charge in [-0.2, -0.15) is 0 Å². The van der Waals surface area contributed by atoms with Crippen molar-refractivity contribution >= 4 is 11.8 Å². The van der Waals surface area contributed by atoms with Crippen LogP contribution in [0.1, 0.15) is 24.2 Å². The Labute approximate surface area is 125 Å². The third-order valence-electron chi connectivity index (χ3n) is 3.02. The summed E-state index contributed by atoms with van der Waals surface area (Å²) in [4.78, 5) is 25.4. The second kappa shape index (κ2) is 7.75. The Bertz CT molecular complexity index is 474. The lowest BCUT2D eigenvalue weighted by atomic mass is 9.93. The first-order valence-corrected chi connectivity index (χ1v) is 6.87. The van der Waals surface area contributed by atoms with E-state index in [1.54, 1.807) is 24.3 Å². The number of hydrogen-bond donors (Lipinski definition) is 3. The minimum absolute atomic E-state index is 0.0533. The van der Waals surface area contributed by atoms with E-state index in [0.717, 1.165) is 0 Å². The van der Waals surface area contributed by atoms with Crippen LogP contribution < -0.4 is 16.6 Å². The zero-order valence-corrected chi connectivity index (χ0v) is 12.8. The molecule has 0 spiro atoms. The van der Waals surface area contributed by atoms with Gasteiger partial charge in [0.25, 0.3) is 11.8 Å². The van der Waals surface area contributed by atoms with E-state index < -0.39 is 0 Å². The first-order chi connectivity index (χ1) is 9.84. The summed E-state index contributed by atoms with van der Waals surface area (Å²) < 4.78 is 0. The third kappa shape index (κ3) is 6.37. The van der Waals surface area contributed by atoms with Gasteiger partial charge in [0, 0.05) is 12.1 Å². The Morgan fingerprint density at radius 1 is 1.19 bits per heavy atom. The molecule has 0 aromatic heterocycles. The molecule has 1 aromatic rings. The van der Waals surface area contributed by atoms with Crippen molar-refractivity contribution in [3.8, 4) is 0 Å². The van der Waals surface area contributed by atoms with Gasteiger partial charge in [-0.1, -0.05) is 32.0 Å². The highest BCUT2D eigenvalue weighted by Gasteiger charge is 2.19. The van der Waals surface area contributed by atoms with Gasteiger partial charge in [0.05, 0.1) is 6.54 Å². The van der Waals surface area contributed by atoms with Crippen molar-refractivity contribution in [1.29, 1.82) is 0 Å². The van der Waals surface area contributed by atoms with E-state index in [1.807, 2.05) is 31.9 Å². The van der Waals surface area contributed by atoms with Crippen molar-refractivity contribution in [3.63, 3.8) is 0 Å². The largest absolute Gasteiger partial charge is 0.330 e. The molecule has 1 rings (SSSR count). The zero-order valence-electron chi connectivity index (χ0n) is 12.8. The smallest absolute Gasteiger partial charge is 0.269 e. The summed E-state index contributed by atoms with van der Waals surface area (Å²) in [5.74, 6) is -0.608. The van der Waals surface area contributed by atoms with E-state index >= 15 is 0 Å². The third-order valence-corrected chi connectivity index (χ3v) is 3.02. The van der Waals surface area contributed by atoms with Crippen molar-refractivity contribution in [1.82, 2.24) is 15.8 Å². The molecule has 0 saturated heterocycles. The fourth-order valence-electron chi connectivity index (χ4n) is 1.92. The summed E-state index contributed by atoms with van der Waals surface area (Å²) in [5, 5.41) is 0. The van der Waals surface area contributed by atoms with Crippen molar-refractivity contribution in [3.05, 3.63) is 35.9 Å². The molecule has 0 saturated carbocycles. The minimum atomic E-state index is -0.339. The average molecular weight is 292 g/mol. The molecule has 6 nitrogen and oxygen atoms in total. The SMILES string of the molecule is CN(CC(=O)NNC(=O)c1ccccc1)CC(C)(C)CN. The predicted octanol–water partition coefficient (Wildman–Crippen LogP) is 0.364. The van der Waals surface area contributed by atoms with E-state index in [9.17, 15) is 9.59 Å². The highest BCUT2D eigenvalue weighted by molar-refractivity contribution is 5.95. The van der Waals surface area contributed by atoms with E-state index in [0.29, 0.717) is 18.7 Å². The molecule has 0 atom stereocenters. The standard InChI is InChI=1S/C15H24N4O2/c1-15(2,10-16)11-19(3)9-13(20)17-18-14(21)12-7-5-4-6-8-12/h4-8H,9-11,16H2,1-3H3,(H,17,20)(H,18,21). The van der Waals surface area contributed by atoms with Crippen LogP contribution >= 0.6 is 0 Å². The normalized spacial score (nSPS) is 11.3. The molecule has 116 valence electrons. The Morgan fingerprint density at radius 2 is 1.81 bits per heavy atom. The van der Waals surface area contributed by atoms with Crippen molar-refractivity contribution in [2.45, 2.75) is 13.8 Å². The van der Waals surface area contributed by atoms with E-state index in [2.05, 4.69) is 10.9 Å². The Hall–Kier alpha value is -1.92. The quantitative estimate of drug-likeness (QED) is 0.661. The fraction of sp³-hybridized carbons (Fsp3) is 0.467. The maximum absolute atomic E-state index is 11.8. The van der Waals surface area contributed by atoms with Gasteiger partial charge in [-0.05, 0) is 31.1 Å². The molecule has 0 aliphatic rings. The topological polar surface area (TPSA) is 87.5 Å². The van der Waals surface area contributed by atoms with Gasteiger partial charge in [-0.15, -0.1) is 0 Å². The number of rotatable bonds is 6. The molecular weight excluding hydrogens is 268 g/mol. The molecule has 4 N–H and O–H groups in total. The second-order valence-electron chi connectivity index (χ2n) is 5.91. The summed E-state index contributed by atoms with van der Waals surface area (Å²) in [7, 11) is 1.84. The van der Waals surface area contributed by atoms with Crippen LogP contribution in [0.5, 0.6) is 0 Å². The molecule has 0 aliphatic heterocycles.